The highest BCUT2D eigenvalue weighted by Crippen LogP contribution is 2.38. The predicted molar refractivity (Wildman–Crippen MR) is 152 cm³/mol. The Kier molecular flexibility index (Phi) is 8.64. The van der Waals surface area contributed by atoms with Crippen molar-refractivity contribution < 1.29 is 28.2 Å². The molecular weight excluding hydrogens is 544 g/mol. The predicted octanol–water partition coefficient (Wildman–Crippen LogP) is 5.30. The number of hydrogen-bond acceptors (Lipinski definition) is 8. The second kappa shape index (κ2) is 12.0. The first-order valence-electron chi connectivity index (χ1n) is 13.3. The third-order valence-electron chi connectivity index (χ3n) is 6.91. The van der Waals surface area contributed by atoms with Crippen molar-refractivity contribution in [1.29, 1.82) is 10.5 Å². The van der Waals surface area contributed by atoms with Crippen LogP contribution in [0.3, 0.4) is 0 Å². The number of halogens is 2. The zero-order chi connectivity index (χ0) is 30.7. The summed E-state index contributed by atoms with van der Waals surface area (Å²) in [6.45, 7) is 5.95. The van der Waals surface area contributed by atoms with Crippen LogP contribution in [-0.2, 0) is 4.74 Å². The van der Waals surface area contributed by atoms with Crippen LogP contribution in [0.2, 0.25) is 0 Å². The molecule has 1 aliphatic heterocycles. The van der Waals surface area contributed by atoms with Crippen molar-refractivity contribution in [2.24, 2.45) is 0 Å². The van der Waals surface area contributed by atoms with E-state index < -0.39 is 28.9 Å². The quantitative estimate of drug-likeness (QED) is 0.405. The van der Waals surface area contributed by atoms with Gasteiger partial charge in [-0.1, -0.05) is 12.1 Å². The third kappa shape index (κ3) is 6.76. The molecule has 0 aliphatic carbocycles. The van der Waals surface area contributed by atoms with Crippen molar-refractivity contribution in [3.63, 3.8) is 0 Å². The normalized spacial score (nSPS) is 14.5. The minimum absolute atomic E-state index is 0.00433. The Morgan fingerprint density at radius 1 is 1.05 bits per heavy atom. The second-order valence-corrected chi connectivity index (χ2v) is 11.1. The number of piperidine rings is 1. The average Bonchev–Trinajstić information content (AvgIpc) is 2.95. The van der Waals surface area contributed by atoms with Gasteiger partial charge in [-0.2, -0.15) is 10.5 Å². The van der Waals surface area contributed by atoms with Crippen LogP contribution in [0.1, 0.15) is 44.7 Å². The van der Waals surface area contributed by atoms with E-state index in [1.165, 1.54) is 31.4 Å². The number of carbonyl (C=O) groups excluding carboxylic acids is 1. The maximum atomic E-state index is 14.7. The van der Waals surface area contributed by atoms with E-state index in [2.05, 4.69) is 11.4 Å². The number of benzene rings is 2. The zero-order valence-corrected chi connectivity index (χ0v) is 23.8. The fourth-order valence-corrected chi connectivity index (χ4v) is 4.74. The molecule has 1 aromatic heterocycles. The van der Waals surface area contributed by atoms with Crippen molar-refractivity contribution >= 4 is 11.9 Å². The number of nitrogens with one attached hydrogen (secondary N) is 1. The molecule has 0 unspecified atom stereocenters. The van der Waals surface area contributed by atoms with Gasteiger partial charge in [0.15, 0.2) is 11.6 Å². The van der Waals surface area contributed by atoms with E-state index in [0.29, 0.717) is 48.4 Å². The molecule has 1 saturated heterocycles. The molecule has 0 radical (unpaired) electrons. The Hall–Kier alpha value is -4.74. The van der Waals surface area contributed by atoms with Crippen LogP contribution in [0.4, 0.5) is 19.4 Å². The lowest BCUT2D eigenvalue weighted by Gasteiger charge is -2.39. The van der Waals surface area contributed by atoms with Gasteiger partial charge in [-0.15, -0.1) is 0 Å². The maximum absolute atomic E-state index is 14.7. The number of methoxy groups -OCH3 is 1. The number of amides is 1. The molecule has 0 atom stereocenters. The monoisotopic (exact) mass is 575 g/mol. The minimum atomic E-state index is -1.18. The number of carbonyl (C=O) groups is 1. The molecule has 2 N–H and O–H groups in total. The number of nitriles is 2. The first kappa shape index (κ1) is 30.2. The second-order valence-electron chi connectivity index (χ2n) is 11.1. The number of anilines is 1. The number of alkyl carbamates (subject to hydrolysis) is 1. The minimum Gasteiger partial charge on any atom is -0.494 e. The molecule has 1 amide bonds. The third-order valence-corrected chi connectivity index (χ3v) is 6.91. The van der Waals surface area contributed by atoms with Crippen molar-refractivity contribution in [2.75, 3.05) is 31.6 Å². The molecule has 2 heterocycles. The number of nitrogens with zero attached hydrogens (tertiary/aromatic N) is 4. The highest BCUT2D eigenvalue weighted by Gasteiger charge is 2.34. The van der Waals surface area contributed by atoms with Gasteiger partial charge in [0.05, 0.1) is 35.6 Å². The maximum Gasteiger partial charge on any atom is 0.407 e. The molecule has 11 heteroatoms. The van der Waals surface area contributed by atoms with E-state index in [0.717, 1.165) is 6.07 Å². The molecule has 0 saturated carbocycles. The van der Waals surface area contributed by atoms with Gasteiger partial charge in [-0.3, -0.25) is 0 Å². The molecule has 3 aromatic rings. The SMILES string of the molecule is COc1ccc(-c2c(C#N)cc(N3CCC(O)(CNC(=O)OC(C)(C)C)CC3)nc2-c2ccc(C#N)c(F)c2)cc1F. The van der Waals surface area contributed by atoms with Gasteiger partial charge in [0, 0.05) is 30.8 Å². The van der Waals surface area contributed by atoms with Gasteiger partial charge in [0.1, 0.15) is 23.3 Å². The Balaban J connectivity index is 1.69. The van der Waals surface area contributed by atoms with Gasteiger partial charge in [0.2, 0.25) is 0 Å². The summed E-state index contributed by atoms with van der Waals surface area (Å²) in [5, 5.41) is 33.0. The topological polar surface area (TPSA) is 132 Å². The molecule has 0 spiro atoms. The standard InChI is InChI=1S/C31H31F2N5O4/c1-30(2,3)42-29(39)36-18-31(40)9-11-38(12-10-31)26-15-22(17-35)27(19-7-8-25(41-4)24(33)13-19)28(37-26)20-5-6-21(16-34)23(32)14-20/h5-8,13-15,40H,9-12,18H2,1-4H3,(H,36,39). The molecule has 42 heavy (non-hydrogen) atoms. The van der Waals surface area contributed by atoms with Gasteiger partial charge in [-0.05, 0) is 69.5 Å². The Morgan fingerprint density at radius 3 is 2.26 bits per heavy atom. The molecule has 1 aliphatic rings. The summed E-state index contributed by atoms with van der Waals surface area (Å²) in [5.41, 5.74) is -0.660. The summed E-state index contributed by atoms with van der Waals surface area (Å²) in [5.74, 6) is -0.968. The van der Waals surface area contributed by atoms with Gasteiger partial charge < -0.3 is 24.8 Å². The molecule has 4 rings (SSSR count). The highest BCUT2D eigenvalue weighted by molar-refractivity contribution is 5.87. The summed E-state index contributed by atoms with van der Waals surface area (Å²) in [4.78, 5) is 18.7. The number of aliphatic hydroxyl groups is 1. The summed E-state index contributed by atoms with van der Waals surface area (Å²) < 4.78 is 39.7. The van der Waals surface area contributed by atoms with E-state index in [4.69, 9.17) is 14.5 Å². The van der Waals surface area contributed by atoms with E-state index in [1.54, 1.807) is 39.0 Å². The largest absolute Gasteiger partial charge is 0.494 e. The molecular formula is C31H31F2N5O4. The van der Waals surface area contributed by atoms with Crippen LogP contribution in [0.5, 0.6) is 5.75 Å². The smallest absolute Gasteiger partial charge is 0.407 e. The lowest BCUT2D eigenvalue weighted by Crippen LogP contribution is -2.51. The van der Waals surface area contributed by atoms with Crippen LogP contribution in [0.15, 0.2) is 42.5 Å². The van der Waals surface area contributed by atoms with E-state index in [1.807, 2.05) is 4.90 Å². The Bertz CT molecular complexity index is 1580. The van der Waals surface area contributed by atoms with Gasteiger partial charge in [0.25, 0.3) is 0 Å². The highest BCUT2D eigenvalue weighted by atomic mass is 19.1. The van der Waals surface area contributed by atoms with Gasteiger partial charge >= 0.3 is 6.09 Å². The van der Waals surface area contributed by atoms with E-state index in [9.17, 15) is 29.2 Å². The number of aromatic nitrogens is 1. The summed E-state index contributed by atoms with van der Waals surface area (Å²) in [6, 6.07) is 13.8. The average molecular weight is 576 g/mol. The van der Waals surface area contributed by atoms with Crippen LogP contribution in [-0.4, -0.2) is 54.1 Å². The fourth-order valence-electron chi connectivity index (χ4n) is 4.74. The zero-order valence-electron chi connectivity index (χ0n) is 23.8. The van der Waals surface area contributed by atoms with Crippen molar-refractivity contribution in [2.45, 2.75) is 44.8 Å². The first-order valence-corrected chi connectivity index (χ1v) is 13.3. The van der Waals surface area contributed by atoms with E-state index >= 15 is 0 Å². The summed E-state index contributed by atoms with van der Waals surface area (Å²) in [6.07, 6.45) is -0.0411. The van der Waals surface area contributed by atoms with E-state index in [-0.39, 0.29) is 29.1 Å². The molecule has 2 aromatic carbocycles. The Labute approximate surface area is 242 Å². The molecule has 1 fully saturated rings. The van der Waals surface area contributed by atoms with Crippen molar-refractivity contribution in [3.8, 4) is 40.3 Å². The summed E-state index contributed by atoms with van der Waals surface area (Å²) in [7, 11) is 1.34. The lowest BCUT2D eigenvalue weighted by atomic mass is 9.90. The van der Waals surface area contributed by atoms with Crippen LogP contribution < -0.4 is 15.0 Å². The number of pyridine rings is 1. The van der Waals surface area contributed by atoms with Crippen LogP contribution in [0.25, 0.3) is 22.4 Å². The first-order chi connectivity index (χ1) is 19.9. The van der Waals surface area contributed by atoms with Crippen LogP contribution in [0, 0.1) is 34.3 Å². The lowest BCUT2D eigenvalue weighted by molar-refractivity contribution is 0.00792. The number of hydrogen-bond donors (Lipinski definition) is 2. The number of rotatable bonds is 6. The van der Waals surface area contributed by atoms with Crippen molar-refractivity contribution in [1.82, 2.24) is 10.3 Å². The molecule has 218 valence electrons. The van der Waals surface area contributed by atoms with Crippen LogP contribution >= 0.6 is 0 Å². The Morgan fingerprint density at radius 2 is 1.69 bits per heavy atom. The summed E-state index contributed by atoms with van der Waals surface area (Å²) >= 11 is 0. The van der Waals surface area contributed by atoms with Gasteiger partial charge in [-0.25, -0.2) is 18.6 Å². The molecule has 9 nitrogen and oxygen atoms in total. The van der Waals surface area contributed by atoms with Crippen molar-refractivity contribution in [3.05, 3.63) is 65.2 Å². The molecule has 0 bridgehead atoms. The number of ether oxygens (including phenoxy) is 2. The fraction of sp³-hybridized carbons (Fsp3) is 0.355.